The lowest BCUT2D eigenvalue weighted by Crippen LogP contribution is -2.25. The molecule has 29 heavy (non-hydrogen) atoms. The van der Waals surface area contributed by atoms with E-state index in [0.29, 0.717) is 11.4 Å². The molecule has 0 N–H and O–H groups in total. The minimum absolute atomic E-state index is 0.0517. The van der Waals surface area contributed by atoms with E-state index in [-0.39, 0.29) is 29.4 Å². The number of carbonyl (C=O) groups excluding carboxylic acids is 1. The summed E-state index contributed by atoms with van der Waals surface area (Å²) in [6.07, 6.45) is -9.24. The number of carbonyl (C=O) groups is 1. The Labute approximate surface area is 166 Å². The Morgan fingerprint density at radius 1 is 0.931 bits per heavy atom. The molecule has 0 saturated carbocycles. The van der Waals surface area contributed by atoms with Crippen LogP contribution in [0.3, 0.4) is 0 Å². The summed E-state index contributed by atoms with van der Waals surface area (Å²) in [5.41, 5.74) is -1.02. The first-order chi connectivity index (χ1) is 13.5. The first-order valence-electron chi connectivity index (χ1n) is 8.54. The zero-order chi connectivity index (χ0) is 21.4. The Balaban J connectivity index is 2.04. The molecule has 0 atom stereocenters. The minimum atomic E-state index is -4.58. The first-order valence-corrected chi connectivity index (χ1v) is 9.36. The van der Waals surface area contributed by atoms with Gasteiger partial charge in [0.15, 0.2) is 0 Å². The highest BCUT2D eigenvalue weighted by Crippen LogP contribution is 2.50. The Morgan fingerprint density at radius 3 is 1.83 bits per heavy atom. The fourth-order valence-electron chi connectivity index (χ4n) is 2.92. The highest BCUT2D eigenvalue weighted by atomic mass is 32.2. The molecular weight excluding hydrogens is 420 g/mol. The average molecular weight is 435 g/mol. The van der Waals surface area contributed by atoms with Crippen LogP contribution in [0.25, 0.3) is 0 Å². The lowest BCUT2D eigenvalue weighted by atomic mass is 10.1. The fraction of sp³-hybridized carbons (Fsp3) is 0.316. The molecule has 0 aliphatic carbocycles. The summed E-state index contributed by atoms with van der Waals surface area (Å²) < 4.78 is 83.3. The van der Waals surface area contributed by atoms with Crippen molar-refractivity contribution in [3.05, 3.63) is 47.5 Å². The SMILES string of the molecule is CCOC(=O)CCN1c2ccc(C(F)(F)F)cc2Sc2cc(C(F)(F)F)ccc21. The van der Waals surface area contributed by atoms with Gasteiger partial charge in [0, 0.05) is 16.3 Å². The number of ether oxygens (including phenoxy) is 1. The van der Waals surface area contributed by atoms with Crippen LogP contribution in [0.4, 0.5) is 37.7 Å². The Hall–Kier alpha value is -2.36. The van der Waals surface area contributed by atoms with Crippen molar-refractivity contribution in [2.24, 2.45) is 0 Å². The molecule has 0 amide bonds. The maximum atomic E-state index is 13.1. The third kappa shape index (κ3) is 4.63. The van der Waals surface area contributed by atoms with Crippen LogP contribution in [0.1, 0.15) is 24.5 Å². The molecule has 10 heteroatoms. The van der Waals surface area contributed by atoms with Gasteiger partial charge < -0.3 is 9.64 Å². The molecular formula is C19H15F6NO2S. The molecule has 0 bridgehead atoms. The lowest BCUT2D eigenvalue weighted by molar-refractivity contribution is -0.143. The van der Waals surface area contributed by atoms with E-state index < -0.39 is 29.4 Å². The van der Waals surface area contributed by atoms with Gasteiger partial charge in [0.1, 0.15) is 0 Å². The van der Waals surface area contributed by atoms with E-state index in [0.717, 1.165) is 36.0 Å². The van der Waals surface area contributed by atoms with Crippen molar-refractivity contribution in [1.29, 1.82) is 0 Å². The van der Waals surface area contributed by atoms with E-state index >= 15 is 0 Å². The van der Waals surface area contributed by atoms with Crippen LogP contribution in [0.15, 0.2) is 46.2 Å². The zero-order valence-electron chi connectivity index (χ0n) is 15.0. The molecule has 3 rings (SSSR count). The molecule has 0 aromatic heterocycles. The van der Waals surface area contributed by atoms with Gasteiger partial charge in [0.25, 0.3) is 0 Å². The van der Waals surface area contributed by atoms with Crippen LogP contribution >= 0.6 is 11.8 Å². The number of nitrogens with zero attached hydrogens (tertiary/aromatic N) is 1. The van der Waals surface area contributed by atoms with Crippen molar-refractivity contribution in [1.82, 2.24) is 0 Å². The summed E-state index contributed by atoms with van der Waals surface area (Å²) >= 11 is 0.833. The highest BCUT2D eigenvalue weighted by Gasteiger charge is 2.35. The number of hydrogen-bond acceptors (Lipinski definition) is 4. The Morgan fingerprint density at radius 2 is 1.41 bits per heavy atom. The fourth-order valence-corrected chi connectivity index (χ4v) is 4.09. The van der Waals surface area contributed by atoms with Crippen LogP contribution in [-0.2, 0) is 21.9 Å². The normalized spacial score (nSPS) is 13.7. The third-order valence-corrected chi connectivity index (χ3v) is 5.31. The van der Waals surface area contributed by atoms with Crippen LogP contribution < -0.4 is 4.90 Å². The monoisotopic (exact) mass is 435 g/mol. The van der Waals surface area contributed by atoms with E-state index in [9.17, 15) is 31.1 Å². The van der Waals surface area contributed by atoms with E-state index in [1.54, 1.807) is 11.8 Å². The van der Waals surface area contributed by atoms with Gasteiger partial charge in [-0.2, -0.15) is 26.3 Å². The lowest BCUT2D eigenvalue weighted by Gasteiger charge is -2.33. The summed E-state index contributed by atoms with van der Waals surface area (Å²) in [7, 11) is 0. The average Bonchev–Trinajstić information content (AvgIpc) is 2.63. The summed E-state index contributed by atoms with van der Waals surface area (Å²) in [4.78, 5) is 13.6. The predicted molar refractivity (Wildman–Crippen MR) is 95.3 cm³/mol. The summed E-state index contributed by atoms with van der Waals surface area (Å²) in [5.74, 6) is -0.507. The molecule has 0 saturated heterocycles. The van der Waals surface area contributed by atoms with Crippen LogP contribution in [0.2, 0.25) is 0 Å². The number of anilines is 2. The molecule has 0 unspecified atom stereocenters. The van der Waals surface area contributed by atoms with Crippen molar-refractivity contribution in [3.63, 3.8) is 0 Å². The number of hydrogen-bond donors (Lipinski definition) is 0. The molecule has 1 aliphatic rings. The van der Waals surface area contributed by atoms with Gasteiger partial charge >= 0.3 is 18.3 Å². The van der Waals surface area contributed by atoms with Crippen LogP contribution in [-0.4, -0.2) is 19.1 Å². The summed E-state index contributed by atoms with van der Waals surface area (Å²) in [5, 5.41) is 0. The molecule has 156 valence electrons. The maximum absolute atomic E-state index is 13.1. The molecule has 1 aliphatic heterocycles. The van der Waals surface area contributed by atoms with Gasteiger partial charge in [-0.15, -0.1) is 0 Å². The molecule has 2 aromatic carbocycles. The standard InChI is InChI=1S/C19H15F6NO2S/c1-2-28-17(27)7-8-26-13-5-3-11(18(20,21)22)9-15(13)29-16-10-12(19(23,24)25)4-6-14(16)26/h3-6,9-10H,2,7-8H2,1H3. The molecule has 0 spiro atoms. The molecule has 2 aromatic rings. The second kappa shape index (κ2) is 7.81. The van der Waals surface area contributed by atoms with Crippen LogP contribution in [0.5, 0.6) is 0 Å². The number of esters is 1. The molecule has 0 fully saturated rings. The van der Waals surface area contributed by atoms with Gasteiger partial charge in [-0.1, -0.05) is 11.8 Å². The largest absolute Gasteiger partial charge is 0.466 e. The molecule has 1 heterocycles. The third-order valence-electron chi connectivity index (χ3n) is 4.22. The zero-order valence-corrected chi connectivity index (χ0v) is 15.8. The van der Waals surface area contributed by atoms with Gasteiger partial charge in [-0.3, -0.25) is 4.79 Å². The number of halogens is 6. The van der Waals surface area contributed by atoms with Crippen molar-refractivity contribution in [2.45, 2.75) is 35.5 Å². The van der Waals surface area contributed by atoms with E-state index in [1.807, 2.05) is 0 Å². The predicted octanol–water partition coefficient (Wildman–Crippen LogP) is 6.28. The van der Waals surface area contributed by atoms with Crippen LogP contribution in [0, 0.1) is 0 Å². The smallest absolute Gasteiger partial charge is 0.416 e. The van der Waals surface area contributed by atoms with E-state index in [2.05, 4.69) is 0 Å². The molecule has 3 nitrogen and oxygen atoms in total. The van der Waals surface area contributed by atoms with E-state index in [4.69, 9.17) is 4.74 Å². The number of fused-ring (bicyclic) bond motifs is 2. The van der Waals surface area contributed by atoms with Gasteiger partial charge in [0.2, 0.25) is 0 Å². The van der Waals surface area contributed by atoms with Crippen molar-refractivity contribution in [3.8, 4) is 0 Å². The highest BCUT2D eigenvalue weighted by molar-refractivity contribution is 7.99. The number of benzene rings is 2. The van der Waals surface area contributed by atoms with Crippen molar-refractivity contribution >= 4 is 29.1 Å². The topological polar surface area (TPSA) is 29.5 Å². The second-order valence-electron chi connectivity index (χ2n) is 6.17. The second-order valence-corrected chi connectivity index (χ2v) is 7.25. The minimum Gasteiger partial charge on any atom is -0.466 e. The van der Waals surface area contributed by atoms with Gasteiger partial charge in [-0.25, -0.2) is 0 Å². The quantitative estimate of drug-likeness (QED) is 0.418. The van der Waals surface area contributed by atoms with Gasteiger partial charge in [-0.05, 0) is 43.3 Å². The summed E-state index contributed by atoms with van der Waals surface area (Å²) in [6.45, 7) is 1.86. The van der Waals surface area contributed by atoms with Gasteiger partial charge in [0.05, 0.1) is 35.5 Å². The number of rotatable bonds is 4. The Bertz CT molecular complexity index is 862. The Kier molecular flexibility index (Phi) is 5.75. The van der Waals surface area contributed by atoms with E-state index in [1.165, 1.54) is 12.1 Å². The maximum Gasteiger partial charge on any atom is 0.416 e. The van der Waals surface area contributed by atoms with Crippen molar-refractivity contribution in [2.75, 3.05) is 18.1 Å². The summed E-state index contributed by atoms with van der Waals surface area (Å²) in [6, 6.07) is 6.15. The van der Waals surface area contributed by atoms with Crippen molar-refractivity contribution < 1.29 is 35.9 Å². The number of alkyl halides is 6. The first kappa shape index (κ1) is 21.4. The molecule has 0 radical (unpaired) electrons.